The number of benzene rings is 1. The van der Waals surface area contributed by atoms with Gasteiger partial charge in [0.1, 0.15) is 17.2 Å². The van der Waals surface area contributed by atoms with Crippen molar-refractivity contribution in [3.63, 3.8) is 0 Å². The van der Waals surface area contributed by atoms with Gasteiger partial charge >= 0.3 is 0 Å². The zero-order chi connectivity index (χ0) is 14.0. The molecule has 19 heavy (non-hydrogen) atoms. The fourth-order valence-corrected chi connectivity index (χ4v) is 1.68. The Bertz CT molecular complexity index is 732. The van der Waals surface area contributed by atoms with Crippen molar-refractivity contribution in [2.24, 2.45) is 0 Å². The molecule has 2 aromatic rings. The molecule has 0 unspecified atom stereocenters. The molecular formula is C13H9F2N3O. The maximum absolute atomic E-state index is 13.7. The van der Waals surface area contributed by atoms with Crippen LogP contribution in [0.3, 0.4) is 0 Å². The first-order valence-corrected chi connectivity index (χ1v) is 5.45. The summed E-state index contributed by atoms with van der Waals surface area (Å²) in [6.45, 7) is 1.58. The van der Waals surface area contributed by atoms with Gasteiger partial charge in [0, 0.05) is 17.8 Å². The Labute approximate surface area is 107 Å². The summed E-state index contributed by atoms with van der Waals surface area (Å²) in [6, 6.07) is 6.14. The van der Waals surface area contributed by atoms with E-state index in [1.807, 2.05) is 6.07 Å². The van der Waals surface area contributed by atoms with Crippen molar-refractivity contribution in [1.29, 1.82) is 5.26 Å². The molecule has 1 aromatic heterocycles. The molecule has 6 heteroatoms. The van der Waals surface area contributed by atoms with E-state index in [1.54, 1.807) is 6.92 Å². The largest absolute Gasteiger partial charge is 0.288 e. The van der Waals surface area contributed by atoms with E-state index < -0.39 is 11.6 Å². The van der Waals surface area contributed by atoms with Crippen LogP contribution < -0.4 is 5.43 Å². The fourth-order valence-electron chi connectivity index (χ4n) is 1.68. The summed E-state index contributed by atoms with van der Waals surface area (Å²) >= 11 is 0. The van der Waals surface area contributed by atoms with Gasteiger partial charge in [-0.15, -0.1) is 0 Å². The summed E-state index contributed by atoms with van der Waals surface area (Å²) in [6.07, 6.45) is -0.165. The summed E-state index contributed by atoms with van der Waals surface area (Å²) in [7, 11) is 0. The van der Waals surface area contributed by atoms with Crippen LogP contribution in [0.5, 0.6) is 0 Å². The second-order valence-electron chi connectivity index (χ2n) is 3.94. The highest BCUT2D eigenvalue weighted by Crippen LogP contribution is 2.15. The second kappa shape index (κ2) is 4.98. The van der Waals surface area contributed by atoms with Crippen molar-refractivity contribution < 1.29 is 8.78 Å². The van der Waals surface area contributed by atoms with Crippen molar-refractivity contribution in [2.75, 3.05) is 0 Å². The molecule has 0 atom stereocenters. The quantitative estimate of drug-likeness (QED) is 0.829. The van der Waals surface area contributed by atoms with Gasteiger partial charge in [-0.25, -0.2) is 13.5 Å². The van der Waals surface area contributed by atoms with E-state index in [9.17, 15) is 13.6 Å². The Morgan fingerprint density at radius 2 is 2.11 bits per heavy atom. The molecule has 0 saturated carbocycles. The van der Waals surface area contributed by atoms with Crippen LogP contribution in [-0.2, 0) is 6.42 Å². The maximum atomic E-state index is 13.7. The molecule has 0 fully saturated rings. The zero-order valence-electron chi connectivity index (χ0n) is 10.0. The molecular weight excluding hydrogens is 252 g/mol. The van der Waals surface area contributed by atoms with E-state index in [2.05, 4.69) is 5.10 Å². The number of nitrogens with zero attached hydrogens (tertiary/aromatic N) is 3. The molecule has 0 amide bonds. The first-order valence-electron chi connectivity index (χ1n) is 5.45. The lowest BCUT2D eigenvalue weighted by Gasteiger charge is -2.11. The van der Waals surface area contributed by atoms with E-state index in [0.717, 1.165) is 12.1 Å². The molecule has 0 radical (unpaired) electrons. The van der Waals surface area contributed by atoms with Crippen LogP contribution in [-0.4, -0.2) is 9.78 Å². The molecule has 2 rings (SSSR count). The maximum Gasteiger partial charge on any atom is 0.204 e. The summed E-state index contributed by atoms with van der Waals surface area (Å²) in [5, 5.41) is 12.5. The summed E-state index contributed by atoms with van der Waals surface area (Å²) in [4.78, 5) is 11.6. The van der Waals surface area contributed by atoms with E-state index in [0.29, 0.717) is 5.69 Å². The van der Waals surface area contributed by atoms with Gasteiger partial charge in [-0.2, -0.15) is 10.4 Å². The molecule has 96 valence electrons. The van der Waals surface area contributed by atoms with Gasteiger partial charge in [-0.05, 0) is 19.1 Å². The lowest BCUT2D eigenvalue weighted by atomic mass is 10.2. The van der Waals surface area contributed by atoms with Crippen LogP contribution in [0.2, 0.25) is 0 Å². The highest BCUT2D eigenvalue weighted by atomic mass is 19.1. The molecule has 0 bridgehead atoms. The average Bonchev–Trinajstić information content (AvgIpc) is 2.34. The molecule has 0 N–H and O–H groups in total. The van der Waals surface area contributed by atoms with Gasteiger partial charge in [0.2, 0.25) is 5.43 Å². The number of nitriles is 1. The Kier molecular flexibility index (Phi) is 3.38. The number of halogens is 2. The summed E-state index contributed by atoms with van der Waals surface area (Å²) in [5.74, 6) is -1.49. The van der Waals surface area contributed by atoms with E-state index >= 15 is 0 Å². The van der Waals surface area contributed by atoms with Gasteiger partial charge in [0.25, 0.3) is 0 Å². The molecule has 1 heterocycles. The lowest BCUT2D eigenvalue weighted by molar-refractivity contribution is 0.569. The Morgan fingerprint density at radius 1 is 1.37 bits per heavy atom. The topological polar surface area (TPSA) is 58.7 Å². The van der Waals surface area contributed by atoms with Crippen molar-refractivity contribution >= 4 is 0 Å². The normalized spacial score (nSPS) is 10.2. The van der Waals surface area contributed by atoms with Crippen LogP contribution in [0.25, 0.3) is 5.69 Å². The van der Waals surface area contributed by atoms with Gasteiger partial charge < -0.3 is 0 Å². The van der Waals surface area contributed by atoms with Crippen molar-refractivity contribution in [1.82, 2.24) is 9.78 Å². The van der Waals surface area contributed by atoms with Crippen LogP contribution in [0.4, 0.5) is 8.78 Å². The average molecular weight is 261 g/mol. The first-order chi connectivity index (χ1) is 9.02. The smallest absolute Gasteiger partial charge is 0.204 e. The van der Waals surface area contributed by atoms with Gasteiger partial charge in [0.05, 0.1) is 12.5 Å². The molecule has 0 aliphatic rings. The zero-order valence-corrected chi connectivity index (χ0v) is 10.0. The molecule has 0 saturated heterocycles. The molecule has 1 aromatic carbocycles. The third-order valence-electron chi connectivity index (χ3n) is 2.56. The van der Waals surface area contributed by atoms with Gasteiger partial charge in [0.15, 0.2) is 5.82 Å². The monoisotopic (exact) mass is 261 g/mol. The Balaban J connectivity index is 2.65. The Hall–Kier alpha value is -2.55. The number of rotatable bonds is 2. The Morgan fingerprint density at radius 3 is 2.74 bits per heavy atom. The number of hydrogen-bond donors (Lipinski definition) is 0. The molecule has 0 aliphatic carbocycles. The molecule has 0 spiro atoms. The minimum atomic E-state index is -0.790. The highest BCUT2D eigenvalue weighted by molar-refractivity contribution is 5.34. The van der Waals surface area contributed by atoms with Gasteiger partial charge in [-0.3, -0.25) is 4.79 Å². The highest BCUT2D eigenvalue weighted by Gasteiger charge is 2.11. The van der Waals surface area contributed by atoms with Crippen molar-refractivity contribution in [3.8, 4) is 11.8 Å². The van der Waals surface area contributed by atoms with Crippen molar-refractivity contribution in [3.05, 3.63) is 57.5 Å². The fraction of sp³-hybridized carbons (Fsp3) is 0.154. The second-order valence-corrected chi connectivity index (χ2v) is 3.94. The predicted octanol–water partition coefficient (Wildman–Crippen LogP) is 1.89. The van der Waals surface area contributed by atoms with Crippen LogP contribution in [0.15, 0.2) is 29.1 Å². The van der Waals surface area contributed by atoms with E-state index in [4.69, 9.17) is 5.26 Å². The minimum Gasteiger partial charge on any atom is -0.288 e. The SMILES string of the molecule is Cc1cc(=O)c(CC#N)nn1-c1ccc(F)cc1F. The first kappa shape index (κ1) is 12.9. The number of hydrogen-bond acceptors (Lipinski definition) is 3. The van der Waals surface area contributed by atoms with E-state index in [-0.39, 0.29) is 23.2 Å². The lowest BCUT2D eigenvalue weighted by Crippen LogP contribution is -2.19. The van der Waals surface area contributed by atoms with Crippen LogP contribution in [0, 0.1) is 29.9 Å². The third kappa shape index (κ3) is 2.50. The number of aryl methyl sites for hydroxylation is 1. The molecule has 4 nitrogen and oxygen atoms in total. The predicted molar refractivity (Wildman–Crippen MR) is 63.8 cm³/mol. The summed E-state index contributed by atoms with van der Waals surface area (Å²) < 4.78 is 27.7. The molecule has 0 aliphatic heterocycles. The minimum absolute atomic E-state index is 0.0248. The standard InChI is InChI=1S/C13H9F2N3O/c1-8-6-13(19)11(4-5-16)17-18(8)12-3-2-9(14)7-10(12)15/h2-3,6-7H,4H2,1H3. The van der Waals surface area contributed by atoms with E-state index in [1.165, 1.54) is 16.8 Å². The number of aromatic nitrogens is 2. The van der Waals surface area contributed by atoms with Gasteiger partial charge in [-0.1, -0.05) is 0 Å². The third-order valence-corrected chi connectivity index (χ3v) is 2.56. The van der Waals surface area contributed by atoms with Crippen molar-refractivity contribution in [2.45, 2.75) is 13.3 Å². The summed E-state index contributed by atoms with van der Waals surface area (Å²) in [5.41, 5.74) is 0.0740. The van der Waals surface area contributed by atoms with Crippen LogP contribution >= 0.6 is 0 Å². The van der Waals surface area contributed by atoms with Crippen LogP contribution in [0.1, 0.15) is 11.4 Å².